The standard InChI is InChI=1S/C11H17F/c1-4-5-6-7-8-11(12)9-10(11,2)3/h4-6,9H2,1-3H3. The van der Waals surface area contributed by atoms with E-state index in [9.17, 15) is 4.39 Å². The first-order valence-corrected chi connectivity index (χ1v) is 4.71. The second-order valence-corrected chi connectivity index (χ2v) is 4.27. The summed E-state index contributed by atoms with van der Waals surface area (Å²) in [5.74, 6) is 5.66. The maximum absolute atomic E-state index is 13.5. The Balaban J connectivity index is 2.36. The van der Waals surface area contributed by atoms with Gasteiger partial charge in [0.2, 0.25) is 0 Å². The van der Waals surface area contributed by atoms with Gasteiger partial charge in [-0.15, -0.1) is 0 Å². The van der Waals surface area contributed by atoms with Crippen LogP contribution in [0.1, 0.15) is 46.5 Å². The summed E-state index contributed by atoms with van der Waals surface area (Å²) in [6.07, 6.45) is 3.68. The van der Waals surface area contributed by atoms with E-state index in [4.69, 9.17) is 0 Å². The smallest absolute Gasteiger partial charge is 0.176 e. The van der Waals surface area contributed by atoms with Crippen molar-refractivity contribution in [3.63, 3.8) is 0 Å². The van der Waals surface area contributed by atoms with E-state index in [1.165, 1.54) is 0 Å². The second kappa shape index (κ2) is 3.09. The van der Waals surface area contributed by atoms with Gasteiger partial charge in [0.1, 0.15) is 0 Å². The molecule has 1 atom stereocenters. The van der Waals surface area contributed by atoms with Crippen molar-refractivity contribution in [3.05, 3.63) is 0 Å². The molecule has 0 nitrogen and oxygen atoms in total. The monoisotopic (exact) mass is 168 g/mol. The van der Waals surface area contributed by atoms with Crippen LogP contribution >= 0.6 is 0 Å². The molecule has 68 valence electrons. The van der Waals surface area contributed by atoms with Gasteiger partial charge in [-0.3, -0.25) is 0 Å². The SMILES string of the molecule is CCCCC#CC1(F)CC1(C)C. The van der Waals surface area contributed by atoms with Crippen LogP contribution in [0.4, 0.5) is 4.39 Å². The van der Waals surface area contributed by atoms with Crippen LogP contribution in [-0.4, -0.2) is 5.67 Å². The van der Waals surface area contributed by atoms with Gasteiger partial charge in [-0.05, 0) is 6.42 Å². The van der Waals surface area contributed by atoms with E-state index in [1.807, 2.05) is 13.8 Å². The zero-order chi connectivity index (χ0) is 9.24. The molecule has 0 saturated heterocycles. The van der Waals surface area contributed by atoms with E-state index in [0.29, 0.717) is 6.42 Å². The minimum absolute atomic E-state index is 0.188. The van der Waals surface area contributed by atoms with E-state index < -0.39 is 5.67 Å². The Labute approximate surface area is 74.5 Å². The lowest BCUT2D eigenvalue weighted by Crippen LogP contribution is -2.05. The molecule has 1 fully saturated rings. The molecule has 1 aliphatic carbocycles. The van der Waals surface area contributed by atoms with Gasteiger partial charge < -0.3 is 0 Å². The molecule has 0 aromatic heterocycles. The first-order chi connectivity index (χ1) is 5.52. The van der Waals surface area contributed by atoms with Crippen LogP contribution in [0.25, 0.3) is 0 Å². The lowest BCUT2D eigenvalue weighted by atomic mass is 10.1. The average molecular weight is 168 g/mol. The first-order valence-electron chi connectivity index (χ1n) is 4.71. The summed E-state index contributed by atoms with van der Waals surface area (Å²) in [7, 11) is 0. The van der Waals surface area contributed by atoms with Gasteiger partial charge in [0.05, 0.1) is 0 Å². The molecule has 1 aliphatic rings. The molecule has 0 heterocycles. The molecule has 0 spiro atoms. The Hall–Kier alpha value is -0.510. The van der Waals surface area contributed by atoms with Crippen molar-refractivity contribution >= 4 is 0 Å². The van der Waals surface area contributed by atoms with E-state index >= 15 is 0 Å². The first kappa shape index (κ1) is 9.58. The van der Waals surface area contributed by atoms with Crippen molar-refractivity contribution in [1.82, 2.24) is 0 Å². The molecule has 0 aromatic carbocycles. The maximum Gasteiger partial charge on any atom is 0.176 e. The fourth-order valence-electron chi connectivity index (χ4n) is 1.25. The van der Waals surface area contributed by atoms with Gasteiger partial charge in [-0.1, -0.05) is 39.0 Å². The summed E-state index contributed by atoms with van der Waals surface area (Å²) in [6.45, 7) is 5.98. The molecule has 0 amide bonds. The largest absolute Gasteiger partial charge is 0.229 e. The van der Waals surface area contributed by atoms with E-state index in [-0.39, 0.29) is 5.41 Å². The Morgan fingerprint density at radius 2 is 2.00 bits per heavy atom. The fraction of sp³-hybridized carbons (Fsp3) is 0.818. The third-order valence-corrected chi connectivity index (χ3v) is 2.58. The Morgan fingerprint density at radius 3 is 2.42 bits per heavy atom. The maximum atomic E-state index is 13.5. The lowest BCUT2D eigenvalue weighted by molar-refractivity contribution is 0.320. The average Bonchev–Trinajstić information content (AvgIpc) is 2.45. The van der Waals surface area contributed by atoms with Gasteiger partial charge in [-0.25, -0.2) is 4.39 Å². The molecule has 1 saturated carbocycles. The third kappa shape index (κ3) is 1.80. The number of hydrogen-bond acceptors (Lipinski definition) is 0. The predicted molar refractivity (Wildman–Crippen MR) is 49.5 cm³/mol. The number of hydrogen-bond donors (Lipinski definition) is 0. The second-order valence-electron chi connectivity index (χ2n) is 4.27. The zero-order valence-corrected chi connectivity index (χ0v) is 8.21. The van der Waals surface area contributed by atoms with Crippen LogP contribution in [0.15, 0.2) is 0 Å². The molecule has 0 radical (unpaired) electrons. The summed E-state index contributed by atoms with van der Waals surface area (Å²) in [5, 5.41) is 0. The topological polar surface area (TPSA) is 0 Å². The highest BCUT2D eigenvalue weighted by Crippen LogP contribution is 2.58. The Kier molecular flexibility index (Phi) is 2.46. The van der Waals surface area contributed by atoms with Crippen LogP contribution in [0, 0.1) is 17.3 Å². The van der Waals surface area contributed by atoms with Crippen LogP contribution < -0.4 is 0 Å². The highest BCUT2D eigenvalue weighted by Gasteiger charge is 2.62. The summed E-state index contributed by atoms with van der Waals surface area (Å²) < 4.78 is 13.5. The molecule has 0 bridgehead atoms. The molecule has 1 unspecified atom stereocenters. The van der Waals surface area contributed by atoms with Crippen molar-refractivity contribution in [3.8, 4) is 11.8 Å². The van der Waals surface area contributed by atoms with Crippen molar-refractivity contribution in [2.75, 3.05) is 0 Å². The van der Waals surface area contributed by atoms with Crippen molar-refractivity contribution in [2.45, 2.75) is 52.1 Å². The van der Waals surface area contributed by atoms with Gasteiger partial charge in [0, 0.05) is 18.3 Å². The molecule has 0 N–H and O–H groups in total. The van der Waals surface area contributed by atoms with Gasteiger partial charge in [-0.2, -0.15) is 0 Å². The third-order valence-electron chi connectivity index (χ3n) is 2.58. The van der Waals surface area contributed by atoms with Crippen LogP contribution in [0.5, 0.6) is 0 Å². The van der Waals surface area contributed by atoms with Gasteiger partial charge >= 0.3 is 0 Å². The number of alkyl halides is 1. The van der Waals surface area contributed by atoms with E-state index in [0.717, 1.165) is 19.3 Å². The normalized spacial score (nSPS) is 30.7. The van der Waals surface area contributed by atoms with Crippen LogP contribution in [-0.2, 0) is 0 Å². The molecule has 1 heteroatoms. The minimum atomic E-state index is -1.17. The van der Waals surface area contributed by atoms with Crippen LogP contribution in [0.3, 0.4) is 0 Å². The Morgan fingerprint density at radius 1 is 1.42 bits per heavy atom. The summed E-state index contributed by atoms with van der Waals surface area (Å²) in [5.41, 5.74) is -1.35. The van der Waals surface area contributed by atoms with Crippen molar-refractivity contribution < 1.29 is 4.39 Å². The molecular formula is C11H17F. The quantitative estimate of drug-likeness (QED) is 0.438. The van der Waals surface area contributed by atoms with Gasteiger partial charge in [0.25, 0.3) is 0 Å². The molecule has 0 aromatic rings. The van der Waals surface area contributed by atoms with E-state index in [1.54, 1.807) is 0 Å². The Bertz CT molecular complexity index is 219. The molecular weight excluding hydrogens is 151 g/mol. The molecule has 12 heavy (non-hydrogen) atoms. The number of unbranched alkanes of at least 4 members (excludes halogenated alkanes) is 2. The van der Waals surface area contributed by atoms with Gasteiger partial charge in [0.15, 0.2) is 5.67 Å². The van der Waals surface area contributed by atoms with E-state index in [2.05, 4.69) is 18.8 Å². The number of halogens is 1. The van der Waals surface area contributed by atoms with Crippen LogP contribution in [0.2, 0.25) is 0 Å². The highest BCUT2D eigenvalue weighted by atomic mass is 19.1. The van der Waals surface area contributed by atoms with Crippen molar-refractivity contribution in [1.29, 1.82) is 0 Å². The predicted octanol–water partition coefficient (Wildman–Crippen LogP) is 3.32. The zero-order valence-electron chi connectivity index (χ0n) is 8.21. The summed E-state index contributed by atoms with van der Waals surface area (Å²) in [4.78, 5) is 0. The molecule has 0 aliphatic heterocycles. The van der Waals surface area contributed by atoms with Crippen molar-refractivity contribution in [2.24, 2.45) is 5.41 Å². The summed E-state index contributed by atoms with van der Waals surface area (Å²) in [6, 6.07) is 0. The molecule has 1 rings (SSSR count). The lowest BCUT2D eigenvalue weighted by Gasteiger charge is -2.00. The summed E-state index contributed by atoms with van der Waals surface area (Å²) >= 11 is 0. The fourth-order valence-corrected chi connectivity index (χ4v) is 1.25. The minimum Gasteiger partial charge on any atom is -0.229 e. The number of rotatable bonds is 2. The highest BCUT2D eigenvalue weighted by molar-refractivity contribution is 5.30.